The number of rotatable bonds is 7. The lowest BCUT2D eigenvalue weighted by atomic mass is 10.1. The molecule has 0 radical (unpaired) electrons. The fourth-order valence-corrected chi connectivity index (χ4v) is 15.8. The van der Waals surface area contributed by atoms with Gasteiger partial charge in [0.25, 0.3) is 0 Å². The first-order valence-electron chi connectivity index (χ1n) is 11.7. The molecular weight excluding hydrogens is 373 g/mol. The Hall–Kier alpha value is -0.129. The molecule has 0 aromatic heterocycles. The molecule has 27 heavy (non-hydrogen) atoms. The van der Waals surface area contributed by atoms with Crippen molar-refractivity contribution in [3.63, 3.8) is 0 Å². The molecule has 0 aliphatic heterocycles. The van der Waals surface area contributed by atoms with E-state index in [0.717, 1.165) is 22.9 Å². The molecule has 2 aliphatic rings. The van der Waals surface area contributed by atoms with Crippen LogP contribution in [0.4, 0.5) is 0 Å². The van der Waals surface area contributed by atoms with Crippen LogP contribution >= 0.6 is 0 Å². The molecule has 1 aromatic rings. The summed E-state index contributed by atoms with van der Waals surface area (Å²) in [6.07, 6.45) is 9.33. The van der Waals surface area contributed by atoms with Crippen LogP contribution in [-0.4, -0.2) is 24.9 Å². The Kier molecular flexibility index (Phi) is 6.96. The van der Waals surface area contributed by atoms with Gasteiger partial charge in [-0.05, 0) is 22.9 Å². The number of hydrogen-bond donors (Lipinski definition) is 0. The molecule has 2 aliphatic carbocycles. The molecule has 4 atom stereocenters. The maximum atomic E-state index is 2.57. The van der Waals surface area contributed by atoms with Gasteiger partial charge in [-0.1, -0.05) is 125 Å². The van der Waals surface area contributed by atoms with E-state index in [1.165, 1.54) is 12.8 Å². The molecule has 0 nitrogen and oxygen atoms in total. The highest BCUT2D eigenvalue weighted by atomic mass is 28.3. The van der Waals surface area contributed by atoms with Crippen LogP contribution in [0.25, 0.3) is 0 Å². The van der Waals surface area contributed by atoms with Gasteiger partial charge in [0, 0.05) is 16.1 Å². The predicted octanol–water partition coefficient (Wildman–Crippen LogP) is 7.14. The van der Waals surface area contributed by atoms with Crippen molar-refractivity contribution in [3.8, 4) is 0 Å². The highest BCUT2D eigenvalue weighted by Gasteiger charge is 2.41. The summed E-state index contributed by atoms with van der Waals surface area (Å²) in [7, 11) is -2.71. The fraction of sp³-hybridized carbons (Fsp3) is 0.750. The first-order chi connectivity index (χ1) is 12.6. The summed E-state index contributed by atoms with van der Waals surface area (Å²) in [4.78, 5) is 0. The van der Waals surface area contributed by atoms with Crippen molar-refractivity contribution in [3.05, 3.63) is 30.3 Å². The van der Waals surface area contributed by atoms with E-state index in [0.29, 0.717) is 0 Å². The van der Waals surface area contributed by atoms with Gasteiger partial charge in [0.15, 0.2) is 0 Å². The van der Waals surface area contributed by atoms with Gasteiger partial charge >= 0.3 is 0 Å². The minimum absolute atomic E-state index is 0.879. The standard InChI is InChI=1S/C24H44Si3/c1-26(2,3)18-20-12-14-23(16-20)25(22-10-8-7-9-11-22)24-15-13-21(17-24)19-27(4,5)6/h7-11,20-21,23-25H,12-19H2,1-6H3. The van der Waals surface area contributed by atoms with E-state index < -0.39 is 24.9 Å². The second kappa shape index (κ2) is 8.71. The topological polar surface area (TPSA) is 0 Å². The van der Waals surface area contributed by atoms with Crippen molar-refractivity contribution in [1.29, 1.82) is 0 Å². The fourth-order valence-electron chi connectivity index (χ4n) is 6.59. The van der Waals surface area contributed by atoms with Gasteiger partial charge in [-0.25, -0.2) is 0 Å². The summed E-state index contributed by atoms with van der Waals surface area (Å²) < 4.78 is 0. The van der Waals surface area contributed by atoms with Crippen LogP contribution in [0.5, 0.6) is 0 Å². The minimum atomic E-state index is -0.915. The molecule has 0 amide bonds. The SMILES string of the molecule is C[Si](C)(C)CC1CCC([SiH](c2ccccc2)C2CCC(C[Si](C)(C)C)C2)C1. The van der Waals surface area contributed by atoms with Crippen molar-refractivity contribution in [2.24, 2.45) is 11.8 Å². The Morgan fingerprint density at radius 1 is 0.704 bits per heavy atom. The van der Waals surface area contributed by atoms with Gasteiger partial charge < -0.3 is 0 Å². The summed E-state index contributed by atoms with van der Waals surface area (Å²) in [5.41, 5.74) is 2.17. The van der Waals surface area contributed by atoms with Gasteiger partial charge in [-0.3, -0.25) is 0 Å². The lowest BCUT2D eigenvalue weighted by Gasteiger charge is -2.30. The molecule has 3 rings (SSSR count). The smallest absolute Gasteiger partial charge is 0.0695 e. The summed E-state index contributed by atoms with van der Waals surface area (Å²) in [6.45, 7) is 15.4. The van der Waals surface area contributed by atoms with E-state index in [-0.39, 0.29) is 0 Å². The molecule has 0 heterocycles. The molecule has 152 valence electrons. The molecule has 0 spiro atoms. The van der Waals surface area contributed by atoms with Gasteiger partial charge in [0.2, 0.25) is 0 Å². The highest BCUT2D eigenvalue weighted by molar-refractivity contribution is 6.77. The summed E-state index contributed by atoms with van der Waals surface area (Å²) in [6, 6.07) is 15.0. The molecule has 0 saturated heterocycles. The molecule has 0 bridgehead atoms. The third-order valence-corrected chi connectivity index (χ3v) is 15.2. The monoisotopic (exact) mass is 416 g/mol. The van der Waals surface area contributed by atoms with Crippen molar-refractivity contribution in [2.75, 3.05) is 0 Å². The largest absolute Gasteiger partial charge is 0.0769 e. The molecule has 0 N–H and O–H groups in total. The highest BCUT2D eigenvalue weighted by Crippen LogP contribution is 2.49. The first-order valence-corrected chi connectivity index (χ1v) is 21.0. The molecule has 1 aromatic carbocycles. The maximum absolute atomic E-state index is 2.57. The van der Waals surface area contributed by atoms with Crippen LogP contribution in [0.3, 0.4) is 0 Å². The van der Waals surface area contributed by atoms with Crippen molar-refractivity contribution in [2.45, 2.75) is 101 Å². The molecular formula is C24H44Si3. The van der Waals surface area contributed by atoms with Crippen LogP contribution < -0.4 is 5.19 Å². The quantitative estimate of drug-likeness (QED) is 0.414. The van der Waals surface area contributed by atoms with E-state index in [2.05, 4.69) is 69.6 Å². The van der Waals surface area contributed by atoms with Crippen molar-refractivity contribution >= 4 is 30.1 Å². The summed E-state index contributed by atoms with van der Waals surface area (Å²) in [5, 5.41) is 1.80. The van der Waals surface area contributed by atoms with Gasteiger partial charge in [0.05, 0.1) is 8.80 Å². The van der Waals surface area contributed by atoms with Gasteiger partial charge in [0.1, 0.15) is 0 Å². The zero-order valence-corrected chi connectivity index (χ0v) is 22.1. The average Bonchev–Trinajstić information content (AvgIpc) is 3.16. The number of benzene rings is 1. The van der Waals surface area contributed by atoms with E-state index in [1.54, 1.807) is 43.0 Å². The zero-order valence-electron chi connectivity index (χ0n) is 18.9. The third kappa shape index (κ3) is 6.43. The first kappa shape index (κ1) is 21.6. The lowest BCUT2D eigenvalue weighted by molar-refractivity contribution is 0.595. The average molecular weight is 417 g/mol. The van der Waals surface area contributed by atoms with Crippen LogP contribution in [0.1, 0.15) is 38.5 Å². The summed E-state index contributed by atoms with van der Waals surface area (Å²) >= 11 is 0. The van der Waals surface area contributed by atoms with Crippen LogP contribution in [0, 0.1) is 11.8 Å². The minimum Gasteiger partial charge on any atom is -0.0695 e. The van der Waals surface area contributed by atoms with E-state index in [1.807, 2.05) is 0 Å². The number of hydrogen-bond acceptors (Lipinski definition) is 0. The normalized spacial score (nSPS) is 30.6. The van der Waals surface area contributed by atoms with E-state index >= 15 is 0 Å². The molecule has 2 saturated carbocycles. The second-order valence-electron chi connectivity index (χ2n) is 12.3. The van der Waals surface area contributed by atoms with Crippen LogP contribution in [0.2, 0.25) is 62.5 Å². The predicted molar refractivity (Wildman–Crippen MR) is 132 cm³/mol. The van der Waals surface area contributed by atoms with Gasteiger partial charge in [-0.15, -0.1) is 0 Å². The van der Waals surface area contributed by atoms with Crippen molar-refractivity contribution in [1.82, 2.24) is 0 Å². The van der Waals surface area contributed by atoms with Crippen LogP contribution in [0.15, 0.2) is 30.3 Å². The van der Waals surface area contributed by atoms with Crippen LogP contribution in [-0.2, 0) is 0 Å². The summed E-state index contributed by atoms with van der Waals surface area (Å²) in [5.74, 6) is 2.11. The second-order valence-corrected chi connectivity index (χ2v) is 27.0. The maximum Gasteiger partial charge on any atom is 0.0769 e. The third-order valence-electron chi connectivity index (χ3n) is 7.17. The lowest BCUT2D eigenvalue weighted by Crippen LogP contribution is -2.38. The van der Waals surface area contributed by atoms with E-state index in [9.17, 15) is 0 Å². The Labute approximate surface area is 173 Å². The molecule has 3 heteroatoms. The Balaban J connectivity index is 1.72. The Morgan fingerprint density at radius 3 is 1.56 bits per heavy atom. The van der Waals surface area contributed by atoms with Crippen molar-refractivity contribution < 1.29 is 0 Å². The molecule has 4 unspecified atom stereocenters. The van der Waals surface area contributed by atoms with Gasteiger partial charge in [-0.2, -0.15) is 0 Å². The zero-order chi connectivity index (χ0) is 19.7. The molecule has 2 fully saturated rings. The Morgan fingerprint density at radius 2 is 1.15 bits per heavy atom. The van der Waals surface area contributed by atoms with E-state index in [4.69, 9.17) is 0 Å². The Bertz CT molecular complexity index is 550.